The SMILES string of the molecule is CCCSc1nc2n(n1)C(c1ccc(OCc3ccc(C(C)(C)C)cc3)cc1)C(C(=O)Nc1ccc(C)cc1C)=C(C)N2. The zero-order chi connectivity index (χ0) is 30.7. The molecule has 8 heteroatoms. The van der Waals surface area contributed by atoms with E-state index in [0.717, 1.165) is 51.6 Å². The van der Waals surface area contributed by atoms with Crippen molar-refractivity contribution in [1.82, 2.24) is 14.8 Å². The molecule has 0 fully saturated rings. The number of thioether (sulfide) groups is 1. The van der Waals surface area contributed by atoms with Gasteiger partial charge in [0.2, 0.25) is 11.1 Å². The van der Waals surface area contributed by atoms with Crippen molar-refractivity contribution in [3.05, 3.63) is 106 Å². The number of anilines is 2. The molecular weight excluding hydrogens is 554 g/mol. The standard InChI is InChI=1S/C35H41N5O2S/c1-8-19-43-34-38-33-36-24(4)30(32(41)37-29-18-9-22(2)20-23(29)3)31(40(33)39-34)26-12-16-28(17-13-26)42-21-25-10-14-27(15-11-25)35(5,6)7/h9-18,20,31H,8,19,21H2,1-7H3,(H,37,41)(H,36,38,39). The molecule has 5 rings (SSSR count). The summed E-state index contributed by atoms with van der Waals surface area (Å²) in [6.45, 7) is 15.2. The number of hydrogen-bond acceptors (Lipinski definition) is 6. The van der Waals surface area contributed by atoms with Crippen LogP contribution in [0.25, 0.3) is 0 Å². The summed E-state index contributed by atoms with van der Waals surface area (Å²) < 4.78 is 7.96. The Morgan fingerprint density at radius 3 is 2.40 bits per heavy atom. The molecule has 7 nitrogen and oxygen atoms in total. The zero-order valence-electron chi connectivity index (χ0n) is 26.1. The lowest BCUT2D eigenvalue weighted by molar-refractivity contribution is -0.113. The number of carbonyl (C=O) groups excluding carboxylic acids is 1. The second-order valence-electron chi connectivity index (χ2n) is 12.2. The third kappa shape index (κ3) is 6.96. The van der Waals surface area contributed by atoms with Crippen molar-refractivity contribution < 1.29 is 9.53 Å². The molecule has 1 aliphatic rings. The number of aryl methyl sites for hydroxylation is 2. The van der Waals surface area contributed by atoms with Gasteiger partial charge in [-0.3, -0.25) is 4.79 Å². The number of carbonyl (C=O) groups is 1. The van der Waals surface area contributed by atoms with Gasteiger partial charge in [0.05, 0.1) is 5.57 Å². The highest BCUT2D eigenvalue weighted by Crippen LogP contribution is 2.37. The van der Waals surface area contributed by atoms with E-state index in [1.807, 2.05) is 61.9 Å². The number of benzene rings is 3. The van der Waals surface area contributed by atoms with Gasteiger partial charge in [-0.05, 0) is 73.1 Å². The summed E-state index contributed by atoms with van der Waals surface area (Å²) >= 11 is 1.61. The van der Waals surface area contributed by atoms with Crippen molar-refractivity contribution in [1.29, 1.82) is 0 Å². The lowest BCUT2D eigenvalue weighted by Gasteiger charge is -2.29. The summed E-state index contributed by atoms with van der Waals surface area (Å²) in [6, 6.07) is 22.1. The van der Waals surface area contributed by atoms with Gasteiger partial charge in [-0.25, -0.2) is 4.68 Å². The molecule has 1 aromatic heterocycles. The first kappa shape index (κ1) is 30.4. The van der Waals surface area contributed by atoms with Crippen LogP contribution in [0.4, 0.5) is 11.6 Å². The van der Waals surface area contributed by atoms with Crippen LogP contribution in [0.1, 0.15) is 74.9 Å². The van der Waals surface area contributed by atoms with E-state index >= 15 is 0 Å². The molecule has 0 bridgehead atoms. The molecule has 0 saturated carbocycles. The molecule has 0 saturated heterocycles. The summed E-state index contributed by atoms with van der Waals surface area (Å²) in [5.74, 6) is 2.14. The van der Waals surface area contributed by atoms with Crippen LogP contribution in [0, 0.1) is 13.8 Å². The van der Waals surface area contributed by atoms with Gasteiger partial charge in [0.15, 0.2) is 0 Å². The van der Waals surface area contributed by atoms with Crippen molar-refractivity contribution in [2.24, 2.45) is 0 Å². The van der Waals surface area contributed by atoms with Gasteiger partial charge in [-0.2, -0.15) is 4.98 Å². The molecule has 0 radical (unpaired) electrons. The third-order valence-corrected chi connectivity index (χ3v) is 8.61. The highest BCUT2D eigenvalue weighted by molar-refractivity contribution is 7.99. The molecule has 2 N–H and O–H groups in total. The van der Waals surface area contributed by atoms with Gasteiger partial charge < -0.3 is 15.4 Å². The molecule has 2 heterocycles. The van der Waals surface area contributed by atoms with Gasteiger partial charge in [0, 0.05) is 17.1 Å². The van der Waals surface area contributed by atoms with Crippen molar-refractivity contribution >= 4 is 29.3 Å². The van der Waals surface area contributed by atoms with Gasteiger partial charge in [-0.1, -0.05) is 93.6 Å². The van der Waals surface area contributed by atoms with Gasteiger partial charge >= 0.3 is 0 Å². The Balaban J connectivity index is 1.41. The average Bonchev–Trinajstić information content (AvgIpc) is 3.38. The minimum absolute atomic E-state index is 0.116. The summed E-state index contributed by atoms with van der Waals surface area (Å²) in [5.41, 5.74) is 7.75. The number of aromatic nitrogens is 3. The van der Waals surface area contributed by atoms with E-state index in [-0.39, 0.29) is 11.3 Å². The molecule has 224 valence electrons. The molecule has 3 aromatic carbocycles. The Kier molecular flexibility index (Phi) is 8.97. The van der Waals surface area contributed by atoms with Crippen molar-refractivity contribution in [3.63, 3.8) is 0 Å². The Bertz CT molecular complexity index is 1630. The molecule has 1 atom stereocenters. The molecule has 0 spiro atoms. The van der Waals surface area contributed by atoms with E-state index in [1.54, 1.807) is 11.8 Å². The molecule has 0 aliphatic carbocycles. The largest absolute Gasteiger partial charge is 0.489 e. The third-order valence-electron chi connectivity index (χ3n) is 7.56. The first-order valence-electron chi connectivity index (χ1n) is 14.8. The maximum atomic E-state index is 13.9. The molecule has 43 heavy (non-hydrogen) atoms. The fraction of sp³-hybridized carbons (Fsp3) is 0.343. The lowest BCUT2D eigenvalue weighted by Crippen LogP contribution is -2.31. The van der Waals surface area contributed by atoms with Crippen LogP contribution in [0.15, 0.2) is 83.2 Å². The molecular formula is C35H41N5O2S. The molecule has 1 amide bonds. The number of nitrogens with zero attached hydrogens (tertiary/aromatic N) is 3. The minimum atomic E-state index is -0.454. The summed E-state index contributed by atoms with van der Waals surface area (Å²) in [4.78, 5) is 18.6. The number of allylic oxidation sites excluding steroid dienone is 1. The van der Waals surface area contributed by atoms with E-state index in [9.17, 15) is 4.79 Å². The highest BCUT2D eigenvalue weighted by Gasteiger charge is 2.34. The molecule has 1 aliphatic heterocycles. The van der Waals surface area contributed by atoms with E-state index in [4.69, 9.17) is 14.8 Å². The fourth-order valence-electron chi connectivity index (χ4n) is 5.15. The summed E-state index contributed by atoms with van der Waals surface area (Å²) in [6.07, 6.45) is 1.02. The maximum absolute atomic E-state index is 13.9. The summed E-state index contributed by atoms with van der Waals surface area (Å²) in [7, 11) is 0. The highest BCUT2D eigenvalue weighted by atomic mass is 32.2. The predicted molar refractivity (Wildman–Crippen MR) is 176 cm³/mol. The van der Waals surface area contributed by atoms with Gasteiger partial charge in [-0.15, -0.1) is 5.10 Å². The van der Waals surface area contributed by atoms with Crippen LogP contribution in [0.5, 0.6) is 5.75 Å². The number of ether oxygens (including phenoxy) is 1. The van der Waals surface area contributed by atoms with Crippen LogP contribution in [-0.4, -0.2) is 26.4 Å². The Labute approximate surface area is 259 Å². The van der Waals surface area contributed by atoms with Crippen LogP contribution >= 0.6 is 11.8 Å². The van der Waals surface area contributed by atoms with Crippen LogP contribution in [0.3, 0.4) is 0 Å². The average molecular weight is 596 g/mol. The van der Waals surface area contributed by atoms with E-state index in [0.29, 0.717) is 23.3 Å². The van der Waals surface area contributed by atoms with Crippen LogP contribution in [0.2, 0.25) is 0 Å². The van der Waals surface area contributed by atoms with Crippen molar-refractivity contribution in [2.75, 3.05) is 16.4 Å². The monoisotopic (exact) mass is 595 g/mol. The Hall–Kier alpha value is -4.04. The van der Waals surface area contributed by atoms with E-state index in [1.165, 1.54) is 5.56 Å². The first-order chi connectivity index (χ1) is 20.5. The number of nitrogens with one attached hydrogen (secondary N) is 2. The van der Waals surface area contributed by atoms with E-state index in [2.05, 4.69) is 68.7 Å². The molecule has 4 aromatic rings. The topological polar surface area (TPSA) is 81.1 Å². The van der Waals surface area contributed by atoms with Crippen LogP contribution < -0.4 is 15.4 Å². The Morgan fingerprint density at radius 2 is 1.74 bits per heavy atom. The predicted octanol–water partition coefficient (Wildman–Crippen LogP) is 8.20. The van der Waals surface area contributed by atoms with Crippen molar-refractivity contribution in [3.8, 4) is 5.75 Å². The smallest absolute Gasteiger partial charge is 0.255 e. The Morgan fingerprint density at radius 1 is 1.02 bits per heavy atom. The number of rotatable bonds is 9. The number of fused-ring (bicyclic) bond motifs is 1. The number of hydrogen-bond donors (Lipinski definition) is 2. The quantitative estimate of drug-likeness (QED) is 0.190. The summed E-state index contributed by atoms with van der Waals surface area (Å²) in [5, 5.41) is 12.0. The maximum Gasteiger partial charge on any atom is 0.255 e. The van der Waals surface area contributed by atoms with Gasteiger partial charge in [0.25, 0.3) is 5.91 Å². The second kappa shape index (κ2) is 12.7. The van der Waals surface area contributed by atoms with E-state index < -0.39 is 6.04 Å². The fourth-order valence-corrected chi connectivity index (χ4v) is 5.83. The van der Waals surface area contributed by atoms with Crippen molar-refractivity contribution in [2.45, 2.75) is 78.1 Å². The first-order valence-corrected chi connectivity index (χ1v) is 15.8. The molecule has 1 unspecified atom stereocenters. The van der Waals surface area contributed by atoms with Crippen LogP contribution in [-0.2, 0) is 16.8 Å². The normalized spacial score (nSPS) is 14.7. The zero-order valence-corrected chi connectivity index (χ0v) is 26.9. The number of amides is 1. The minimum Gasteiger partial charge on any atom is -0.489 e. The van der Waals surface area contributed by atoms with Gasteiger partial charge in [0.1, 0.15) is 18.4 Å². The lowest BCUT2D eigenvalue weighted by atomic mass is 9.87. The second-order valence-corrected chi connectivity index (χ2v) is 13.2.